The second kappa shape index (κ2) is 7.91. The summed E-state index contributed by atoms with van der Waals surface area (Å²) in [5.41, 5.74) is 5.42. The number of hydrogen-bond donors (Lipinski definition) is 1. The van der Waals surface area contributed by atoms with Gasteiger partial charge in [0, 0.05) is 19.2 Å². The number of rotatable bonds is 5. The number of piperidine rings is 1. The van der Waals surface area contributed by atoms with Crippen molar-refractivity contribution in [3.8, 4) is 5.75 Å². The van der Waals surface area contributed by atoms with Gasteiger partial charge >= 0.3 is 0 Å². The van der Waals surface area contributed by atoms with Crippen LogP contribution in [0.1, 0.15) is 12.8 Å². The van der Waals surface area contributed by atoms with Crippen molar-refractivity contribution in [1.82, 2.24) is 4.31 Å². The number of hydrogen-bond acceptors (Lipinski definition) is 6. The molecule has 23 heavy (non-hydrogen) atoms. The largest absolute Gasteiger partial charge is 0.495 e. The summed E-state index contributed by atoms with van der Waals surface area (Å²) in [5, 5.41) is 10.8. The Morgan fingerprint density at radius 3 is 2.74 bits per heavy atom. The van der Waals surface area contributed by atoms with E-state index in [0.717, 1.165) is 18.9 Å². The van der Waals surface area contributed by atoms with Crippen LogP contribution in [0.2, 0.25) is 0 Å². The zero-order chi connectivity index (χ0) is 16.3. The third-order valence-corrected chi connectivity index (χ3v) is 5.70. The molecule has 1 aromatic carbocycles. The van der Waals surface area contributed by atoms with Gasteiger partial charge in [0.2, 0.25) is 10.0 Å². The first kappa shape index (κ1) is 19.6. The summed E-state index contributed by atoms with van der Waals surface area (Å²) in [5.74, 6) is 0.108. The first-order valence-electron chi connectivity index (χ1n) is 6.92. The molecule has 1 unspecified atom stereocenters. The molecule has 0 aromatic heterocycles. The monoisotopic (exact) mass is 365 g/mol. The normalized spacial score (nSPS) is 19.0. The Labute approximate surface area is 141 Å². The zero-order valence-corrected chi connectivity index (χ0v) is 14.3. The quantitative estimate of drug-likeness (QED) is 0.622. The number of non-ortho nitro benzene ring substituents is 1. The van der Waals surface area contributed by atoms with Crippen LogP contribution in [-0.2, 0) is 10.0 Å². The molecule has 0 radical (unpaired) electrons. The SMILES string of the molecule is COc1cc([N+](=O)[O-])ccc1S(=O)(=O)N1CCCC(CN)C1.Cl. The van der Waals surface area contributed by atoms with Crippen molar-refractivity contribution in [3.63, 3.8) is 0 Å². The molecule has 1 aliphatic rings. The lowest BCUT2D eigenvalue weighted by atomic mass is 10.0. The minimum absolute atomic E-state index is 0. The van der Waals surface area contributed by atoms with Crippen molar-refractivity contribution in [2.45, 2.75) is 17.7 Å². The first-order valence-corrected chi connectivity index (χ1v) is 8.36. The van der Waals surface area contributed by atoms with E-state index in [0.29, 0.717) is 19.6 Å². The van der Waals surface area contributed by atoms with E-state index in [-0.39, 0.29) is 34.7 Å². The molecule has 10 heteroatoms. The highest BCUT2D eigenvalue weighted by atomic mass is 35.5. The molecule has 8 nitrogen and oxygen atoms in total. The average Bonchev–Trinajstić information content (AvgIpc) is 2.54. The molecule has 1 atom stereocenters. The molecule has 0 bridgehead atoms. The summed E-state index contributed by atoms with van der Waals surface area (Å²) in [6.07, 6.45) is 1.65. The predicted molar refractivity (Wildman–Crippen MR) is 87.4 cm³/mol. The fourth-order valence-corrected chi connectivity index (χ4v) is 4.25. The molecule has 1 aliphatic heterocycles. The molecule has 0 amide bonds. The number of benzene rings is 1. The van der Waals surface area contributed by atoms with Gasteiger partial charge in [-0.25, -0.2) is 8.42 Å². The van der Waals surface area contributed by atoms with Gasteiger partial charge in [-0.3, -0.25) is 10.1 Å². The van der Waals surface area contributed by atoms with Crippen LogP contribution in [-0.4, -0.2) is 44.4 Å². The minimum atomic E-state index is -3.76. The maximum atomic E-state index is 12.7. The van der Waals surface area contributed by atoms with Gasteiger partial charge in [-0.15, -0.1) is 12.4 Å². The van der Waals surface area contributed by atoms with E-state index in [2.05, 4.69) is 0 Å². The third-order valence-electron chi connectivity index (χ3n) is 3.79. The van der Waals surface area contributed by atoms with Crippen molar-refractivity contribution in [2.24, 2.45) is 11.7 Å². The van der Waals surface area contributed by atoms with Gasteiger partial charge in [-0.1, -0.05) is 0 Å². The fourth-order valence-electron chi connectivity index (χ4n) is 2.56. The lowest BCUT2D eigenvalue weighted by molar-refractivity contribution is -0.385. The van der Waals surface area contributed by atoms with E-state index < -0.39 is 14.9 Å². The van der Waals surface area contributed by atoms with Crippen molar-refractivity contribution >= 4 is 28.1 Å². The third kappa shape index (κ3) is 4.11. The van der Waals surface area contributed by atoms with Gasteiger partial charge < -0.3 is 10.5 Å². The first-order chi connectivity index (χ1) is 10.4. The van der Waals surface area contributed by atoms with Crippen LogP contribution in [0.5, 0.6) is 5.75 Å². The van der Waals surface area contributed by atoms with Crippen LogP contribution in [0.25, 0.3) is 0 Å². The Bertz CT molecular complexity index is 668. The summed E-state index contributed by atoms with van der Waals surface area (Å²) < 4.78 is 31.9. The fraction of sp³-hybridized carbons (Fsp3) is 0.538. The second-order valence-electron chi connectivity index (χ2n) is 5.20. The Balaban J connectivity index is 0.00000264. The van der Waals surface area contributed by atoms with E-state index in [9.17, 15) is 18.5 Å². The number of ether oxygens (including phenoxy) is 1. The van der Waals surface area contributed by atoms with Crippen LogP contribution in [0.3, 0.4) is 0 Å². The number of methoxy groups -OCH3 is 1. The number of nitro groups is 1. The number of halogens is 1. The maximum absolute atomic E-state index is 12.7. The molecule has 1 fully saturated rings. The Kier molecular flexibility index (Phi) is 6.75. The van der Waals surface area contributed by atoms with Crippen molar-refractivity contribution in [3.05, 3.63) is 28.3 Å². The smallest absolute Gasteiger partial charge is 0.273 e. The Morgan fingerprint density at radius 2 is 2.17 bits per heavy atom. The number of nitrogens with two attached hydrogens (primary N) is 1. The standard InChI is InChI=1S/C13H19N3O5S.ClH/c1-21-12-7-11(16(17)18)4-5-13(12)22(19,20)15-6-2-3-10(8-14)9-15;/h4-5,7,10H,2-3,6,8-9,14H2,1H3;1H. The molecule has 0 saturated carbocycles. The van der Waals surface area contributed by atoms with Gasteiger partial charge in [0.05, 0.1) is 18.1 Å². The molecular weight excluding hydrogens is 346 g/mol. The minimum Gasteiger partial charge on any atom is -0.495 e. The lowest BCUT2D eigenvalue weighted by Crippen LogP contribution is -2.42. The molecule has 1 saturated heterocycles. The van der Waals surface area contributed by atoms with Crippen LogP contribution < -0.4 is 10.5 Å². The Morgan fingerprint density at radius 1 is 1.48 bits per heavy atom. The molecular formula is C13H20ClN3O5S. The van der Waals surface area contributed by atoms with Crippen molar-refractivity contribution in [1.29, 1.82) is 0 Å². The number of nitro benzene ring substituents is 1. The van der Waals surface area contributed by atoms with E-state index in [1.54, 1.807) is 0 Å². The molecule has 2 rings (SSSR count). The van der Waals surface area contributed by atoms with Crippen LogP contribution >= 0.6 is 12.4 Å². The van der Waals surface area contributed by atoms with Crippen molar-refractivity contribution < 1.29 is 18.1 Å². The van der Waals surface area contributed by atoms with Gasteiger partial charge in [-0.2, -0.15) is 4.31 Å². The van der Waals surface area contributed by atoms with E-state index in [4.69, 9.17) is 10.5 Å². The average molecular weight is 366 g/mol. The van der Waals surface area contributed by atoms with Gasteiger partial charge in [0.1, 0.15) is 10.6 Å². The van der Waals surface area contributed by atoms with E-state index in [1.165, 1.54) is 23.5 Å². The molecule has 130 valence electrons. The van der Waals surface area contributed by atoms with Crippen LogP contribution in [0.4, 0.5) is 5.69 Å². The van der Waals surface area contributed by atoms with Crippen LogP contribution in [0, 0.1) is 16.0 Å². The van der Waals surface area contributed by atoms with E-state index in [1.807, 2.05) is 0 Å². The lowest BCUT2D eigenvalue weighted by Gasteiger charge is -2.31. The predicted octanol–water partition coefficient (Wildman–Crippen LogP) is 1.38. The summed E-state index contributed by atoms with van der Waals surface area (Å²) in [6, 6.07) is 3.51. The molecule has 1 heterocycles. The van der Waals surface area contributed by atoms with Gasteiger partial charge in [0.15, 0.2) is 0 Å². The van der Waals surface area contributed by atoms with Gasteiger partial charge in [0.25, 0.3) is 5.69 Å². The number of nitrogens with zero attached hydrogens (tertiary/aromatic N) is 2. The highest BCUT2D eigenvalue weighted by Gasteiger charge is 2.32. The summed E-state index contributed by atoms with van der Waals surface area (Å²) in [7, 11) is -2.47. The Hall–Kier alpha value is -1.42. The highest BCUT2D eigenvalue weighted by molar-refractivity contribution is 7.89. The maximum Gasteiger partial charge on any atom is 0.273 e. The summed E-state index contributed by atoms with van der Waals surface area (Å²) in [6.45, 7) is 1.21. The summed E-state index contributed by atoms with van der Waals surface area (Å²) in [4.78, 5) is 10.1. The van der Waals surface area contributed by atoms with Crippen molar-refractivity contribution in [2.75, 3.05) is 26.7 Å². The van der Waals surface area contributed by atoms with Crippen LogP contribution in [0.15, 0.2) is 23.1 Å². The molecule has 0 aliphatic carbocycles. The highest BCUT2D eigenvalue weighted by Crippen LogP contribution is 2.32. The zero-order valence-electron chi connectivity index (χ0n) is 12.7. The summed E-state index contributed by atoms with van der Waals surface area (Å²) >= 11 is 0. The molecule has 0 spiro atoms. The molecule has 1 aromatic rings. The second-order valence-corrected chi connectivity index (χ2v) is 7.11. The van der Waals surface area contributed by atoms with Gasteiger partial charge in [-0.05, 0) is 31.4 Å². The molecule has 2 N–H and O–H groups in total. The number of sulfonamides is 1. The topological polar surface area (TPSA) is 116 Å². The van der Waals surface area contributed by atoms with E-state index >= 15 is 0 Å².